The molecule has 2 aromatic rings. The number of methoxy groups -OCH3 is 1. The smallest absolute Gasteiger partial charge is 0.356 e. The molecule has 1 aromatic heterocycles. The predicted molar refractivity (Wildman–Crippen MR) is 115 cm³/mol. The Morgan fingerprint density at radius 1 is 0.969 bits per heavy atom. The first kappa shape index (κ1) is 25.0. The topological polar surface area (TPSA) is 141 Å². The van der Waals surface area contributed by atoms with Crippen molar-refractivity contribution < 1.29 is 32.3 Å². The van der Waals surface area contributed by atoms with Crippen molar-refractivity contribution in [2.75, 3.05) is 26.9 Å². The number of sulfonamides is 1. The van der Waals surface area contributed by atoms with E-state index in [1.165, 1.54) is 36.4 Å². The van der Waals surface area contributed by atoms with Crippen molar-refractivity contribution in [2.45, 2.75) is 24.7 Å². The fourth-order valence-electron chi connectivity index (χ4n) is 2.46. The van der Waals surface area contributed by atoms with Crippen molar-refractivity contribution in [1.29, 1.82) is 0 Å². The molecule has 0 bridgehead atoms. The predicted octanol–water partition coefficient (Wildman–Crippen LogP) is 1.53. The van der Waals surface area contributed by atoms with Gasteiger partial charge >= 0.3 is 5.97 Å². The number of carbonyl (C=O) groups excluding carboxylic acids is 3. The van der Waals surface area contributed by atoms with E-state index in [1.54, 1.807) is 7.11 Å². The number of nitrogens with zero attached hydrogens (tertiary/aromatic N) is 1. The van der Waals surface area contributed by atoms with Gasteiger partial charge in [0.15, 0.2) is 0 Å². The van der Waals surface area contributed by atoms with Crippen molar-refractivity contribution in [1.82, 2.24) is 15.0 Å². The first-order valence-corrected chi connectivity index (χ1v) is 11.3. The van der Waals surface area contributed by atoms with E-state index >= 15 is 0 Å². The van der Waals surface area contributed by atoms with Crippen molar-refractivity contribution in [3.05, 3.63) is 59.4 Å². The molecule has 0 fully saturated rings. The highest BCUT2D eigenvalue weighted by molar-refractivity contribution is 7.90. The lowest BCUT2D eigenvalue weighted by molar-refractivity contribution is 0.0497. The average Bonchev–Trinajstić information content (AvgIpc) is 2.80. The first-order valence-electron chi connectivity index (χ1n) is 9.86. The van der Waals surface area contributed by atoms with Crippen molar-refractivity contribution in [3.63, 3.8) is 0 Å². The van der Waals surface area contributed by atoms with Crippen molar-refractivity contribution in [3.8, 4) is 0 Å². The summed E-state index contributed by atoms with van der Waals surface area (Å²) >= 11 is 0. The summed E-state index contributed by atoms with van der Waals surface area (Å²) in [5, 5.41) is 2.69. The molecule has 2 rings (SSSR count). The third-order valence-electron chi connectivity index (χ3n) is 4.14. The van der Waals surface area contributed by atoms with Crippen LogP contribution in [0.5, 0.6) is 0 Å². The van der Waals surface area contributed by atoms with E-state index in [4.69, 9.17) is 9.47 Å². The Morgan fingerprint density at radius 2 is 1.66 bits per heavy atom. The van der Waals surface area contributed by atoms with Crippen LogP contribution in [0.3, 0.4) is 0 Å². The Labute approximate surface area is 186 Å². The van der Waals surface area contributed by atoms with Crippen LogP contribution in [-0.4, -0.2) is 58.1 Å². The number of amides is 2. The standard InChI is InChI=1S/C21H25N3O7S/c1-3-12-31-21(27)18-10-7-16(14-23-18)20(26)24-32(28,29)17-8-5-15(6-9-17)19(25)22-11-4-13-30-2/h5-10,14H,3-4,11-13H2,1-2H3,(H,22,25)(H,24,26). The SMILES string of the molecule is CCCOC(=O)c1ccc(C(=O)NS(=O)(=O)c2ccc(C(=O)NCCCOC)cc2)cn1. The highest BCUT2D eigenvalue weighted by Crippen LogP contribution is 2.12. The fraction of sp³-hybridized carbons (Fsp3) is 0.333. The van der Waals surface area contributed by atoms with Gasteiger partial charge in [0.1, 0.15) is 5.69 Å². The zero-order chi connectivity index (χ0) is 23.6. The average molecular weight is 464 g/mol. The first-order chi connectivity index (χ1) is 15.3. The molecule has 2 N–H and O–H groups in total. The number of nitrogens with one attached hydrogen (secondary N) is 2. The summed E-state index contributed by atoms with van der Waals surface area (Å²) in [6.07, 6.45) is 2.39. The number of ether oxygens (including phenoxy) is 2. The van der Waals surface area contributed by atoms with E-state index in [-0.39, 0.29) is 34.2 Å². The van der Waals surface area contributed by atoms with Crippen LogP contribution in [0.2, 0.25) is 0 Å². The molecular weight excluding hydrogens is 438 g/mol. The van der Waals surface area contributed by atoms with Crippen LogP contribution >= 0.6 is 0 Å². The highest BCUT2D eigenvalue weighted by Gasteiger charge is 2.20. The van der Waals surface area contributed by atoms with Crippen molar-refractivity contribution in [2.24, 2.45) is 0 Å². The quantitative estimate of drug-likeness (QED) is 0.378. The summed E-state index contributed by atoms with van der Waals surface area (Å²) < 4.78 is 36.8. The normalized spacial score (nSPS) is 10.9. The second-order valence-corrected chi connectivity index (χ2v) is 8.31. The Balaban J connectivity index is 2.00. The van der Waals surface area contributed by atoms with E-state index in [2.05, 4.69) is 10.3 Å². The monoisotopic (exact) mass is 463 g/mol. The van der Waals surface area contributed by atoms with Crippen LogP contribution in [0.15, 0.2) is 47.5 Å². The van der Waals surface area contributed by atoms with Gasteiger partial charge < -0.3 is 14.8 Å². The number of esters is 1. The minimum Gasteiger partial charge on any atom is -0.461 e. The molecule has 0 aliphatic heterocycles. The molecule has 0 atom stereocenters. The number of pyridine rings is 1. The van der Waals surface area contributed by atoms with Gasteiger partial charge in [-0.2, -0.15) is 0 Å². The summed E-state index contributed by atoms with van der Waals surface area (Å²) in [4.78, 5) is 39.8. The van der Waals surface area contributed by atoms with Gasteiger partial charge in [-0.1, -0.05) is 6.92 Å². The number of benzene rings is 1. The van der Waals surface area contributed by atoms with E-state index in [9.17, 15) is 22.8 Å². The minimum atomic E-state index is -4.18. The van der Waals surface area contributed by atoms with Crippen LogP contribution in [0.4, 0.5) is 0 Å². The van der Waals surface area contributed by atoms with E-state index < -0.39 is 21.9 Å². The number of rotatable bonds is 11. The largest absolute Gasteiger partial charge is 0.461 e. The van der Waals surface area contributed by atoms with E-state index in [0.717, 1.165) is 6.20 Å². The zero-order valence-corrected chi connectivity index (χ0v) is 18.6. The van der Waals surface area contributed by atoms with Gasteiger partial charge in [-0.3, -0.25) is 9.59 Å². The molecule has 10 nitrogen and oxygen atoms in total. The van der Waals surface area contributed by atoms with Gasteiger partial charge in [-0.15, -0.1) is 0 Å². The molecule has 1 aromatic carbocycles. The maximum absolute atomic E-state index is 12.5. The maximum Gasteiger partial charge on any atom is 0.356 e. The molecule has 0 saturated carbocycles. The number of aromatic nitrogens is 1. The summed E-state index contributed by atoms with van der Waals surface area (Å²) in [6, 6.07) is 7.71. The van der Waals surface area contributed by atoms with Crippen molar-refractivity contribution >= 4 is 27.8 Å². The lowest BCUT2D eigenvalue weighted by atomic mass is 10.2. The summed E-state index contributed by atoms with van der Waals surface area (Å²) in [5.74, 6) is -1.89. The van der Waals surface area contributed by atoms with Gasteiger partial charge in [-0.25, -0.2) is 22.9 Å². The molecule has 0 radical (unpaired) electrons. The Kier molecular flexibility index (Phi) is 9.29. The van der Waals surface area contributed by atoms with Crippen LogP contribution in [0, 0.1) is 0 Å². The van der Waals surface area contributed by atoms with E-state index in [1.807, 2.05) is 11.6 Å². The molecule has 2 amide bonds. The van der Waals surface area contributed by atoms with Gasteiger partial charge in [0, 0.05) is 32.0 Å². The van der Waals surface area contributed by atoms with Crippen LogP contribution in [-0.2, 0) is 19.5 Å². The Hall–Kier alpha value is -3.31. The molecule has 11 heteroatoms. The molecule has 172 valence electrons. The summed E-state index contributed by atoms with van der Waals surface area (Å²) in [6.45, 7) is 3.03. The molecule has 32 heavy (non-hydrogen) atoms. The lowest BCUT2D eigenvalue weighted by Crippen LogP contribution is -2.31. The van der Waals surface area contributed by atoms with Gasteiger partial charge in [0.05, 0.1) is 17.1 Å². The third kappa shape index (κ3) is 7.13. The summed E-state index contributed by atoms with van der Waals surface area (Å²) in [7, 11) is -2.61. The highest BCUT2D eigenvalue weighted by atomic mass is 32.2. The van der Waals surface area contributed by atoms with Crippen LogP contribution < -0.4 is 10.0 Å². The minimum absolute atomic E-state index is 0.00828. The molecule has 0 unspecified atom stereocenters. The van der Waals surface area contributed by atoms with Crippen LogP contribution in [0.1, 0.15) is 51.0 Å². The Bertz CT molecular complexity index is 1040. The second kappa shape index (κ2) is 11.9. The number of hydrogen-bond acceptors (Lipinski definition) is 8. The lowest BCUT2D eigenvalue weighted by Gasteiger charge is -2.09. The van der Waals surface area contributed by atoms with E-state index in [0.29, 0.717) is 26.0 Å². The van der Waals surface area contributed by atoms with Gasteiger partial charge in [-0.05, 0) is 49.2 Å². The fourth-order valence-corrected chi connectivity index (χ4v) is 3.44. The maximum atomic E-state index is 12.5. The van der Waals surface area contributed by atoms with Gasteiger partial charge in [0.25, 0.3) is 21.8 Å². The molecule has 0 aliphatic rings. The number of carbonyl (C=O) groups is 3. The van der Waals surface area contributed by atoms with Crippen LogP contribution in [0.25, 0.3) is 0 Å². The molecule has 0 saturated heterocycles. The van der Waals surface area contributed by atoms with Gasteiger partial charge in [0.2, 0.25) is 0 Å². The summed E-state index contributed by atoms with van der Waals surface area (Å²) in [5.41, 5.74) is 0.240. The molecule has 0 aliphatic carbocycles. The molecule has 0 spiro atoms. The number of hydrogen-bond donors (Lipinski definition) is 2. The second-order valence-electron chi connectivity index (χ2n) is 6.63. The zero-order valence-electron chi connectivity index (χ0n) is 17.8. The molecule has 1 heterocycles. The Morgan fingerprint density at radius 3 is 2.25 bits per heavy atom. The third-order valence-corrected chi connectivity index (χ3v) is 5.48. The molecular formula is C21H25N3O7S.